The summed E-state index contributed by atoms with van der Waals surface area (Å²) in [4.78, 5) is 4.80. The van der Waals surface area contributed by atoms with Crippen LogP contribution in [0.25, 0.3) is 22.4 Å². The lowest BCUT2D eigenvalue weighted by molar-refractivity contribution is 0.958. The van der Waals surface area contributed by atoms with E-state index in [9.17, 15) is 0 Å². The molecule has 0 saturated carbocycles. The molecular weight excluding hydrogens is 314 g/mol. The van der Waals surface area contributed by atoms with Crippen LogP contribution in [-0.2, 0) is 13.6 Å². The summed E-state index contributed by atoms with van der Waals surface area (Å²) in [5.41, 5.74) is 11.3. The summed E-state index contributed by atoms with van der Waals surface area (Å²) in [7, 11) is 2.04. The summed E-state index contributed by atoms with van der Waals surface area (Å²) < 4.78 is 3.18. The number of rotatable bonds is 2. The molecule has 3 nitrogen and oxygen atoms in total. The highest BCUT2D eigenvalue weighted by Gasteiger charge is 2.14. The van der Waals surface area contributed by atoms with E-state index in [2.05, 4.69) is 51.7 Å². The fourth-order valence-corrected chi connectivity index (χ4v) is 3.15. The van der Waals surface area contributed by atoms with E-state index in [0.29, 0.717) is 6.54 Å². The highest BCUT2D eigenvalue weighted by atomic mass is 79.9. The minimum absolute atomic E-state index is 0.503. The fraction of sp³-hybridized carbons (Fsp3) is 0.188. The van der Waals surface area contributed by atoms with Crippen LogP contribution in [0.2, 0.25) is 0 Å². The average Bonchev–Trinajstić information content (AvgIpc) is 2.76. The Hall–Kier alpha value is -1.65. The number of nitrogens with zero attached hydrogens (tertiary/aromatic N) is 2. The number of para-hydroxylation sites is 1. The Morgan fingerprint density at radius 2 is 2.05 bits per heavy atom. The molecule has 1 aromatic heterocycles. The summed E-state index contributed by atoms with van der Waals surface area (Å²) >= 11 is 3.63. The van der Waals surface area contributed by atoms with Crippen molar-refractivity contribution < 1.29 is 0 Å². The number of aryl methyl sites for hydroxylation is 2. The first kappa shape index (κ1) is 13.3. The topological polar surface area (TPSA) is 43.8 Å². The molecule has 1 heterocycles. The van der Waals surface area contributed by atoms with Crippen LogP contribution in [0, 0.1) is 6.92 Å². The highest BCUT2D eigenvalue weighted by Crippen LogP contribution is 2.31. The van der Waals surface area contributed by atoms with Gasteiger partial charge in [-0.15, -0.1) is 0 Å². The lowest BCUT2D eigenvalue weighted by Gasteiger charge is -2.06. The van der Waals surface area contributed by atoms with E-state index >= 15 is 0 Å². The Labute approximate surface area is 126 Å². The second kappa shape index (κ2) is 5.04. The zero-order chi connectivity index (χ0) is 14.3. The van der Waals surface area contributed by atoms with Crippen LogP contribution in [0.1, 0.15) is 11.1 Å². The van der Waals surface area contributed by atoms with Gasteiger partial charge in [-0.2, -0.15) is 0 Å². The van der Waals surface area contributed by atoms with E-state index in [-0.39, 0.29) is 0 Å². The van der Waals surface area contributed by atoms with Gasteiger partial charge in [-0.05, 0) is 36.2 Å². The number of halogens is 1. The maximum Gasteiger partial charge on any atom is 0.142 e. The first-order chi connectivity index (χ1) is 9.61. The van der Waals surface area contributed by atoms with Gasteiger partial charge >= 0.3 is 0 Å². The predicted molar refractivity (Wildman–Crippen MR) is 86.5 cm³/mol. The second-order valence-corrected chi connectivity index (χ2v) is 5.82. The van der Waals surface area contributed by atoms with Gasteiger partial charge in [0.2, 0.25) is 0 Å². The summed E-state index contributed by atoms with van der Waals surface area (Å²) in [6.07, 6.45) is 0. The van der Waals surface area contributed by atoms with Gasteiger partial charge in [0.1, 0.15) is 5.82 Å². The molecule has 0 saturated heterocycles. The molecule has 2 aromatic carbocycles. The van der Waals surface area contributed by atoms with Crippen molar-refractivity contribution >= 4 is 27.0 Å². The zero-order valence-corrected chi connectivity index (χ0v) is 13.1. The van der Waals surface area contributed by atoms with Gasteiger partial charge in [0.15, 0.2) is 0 Å². The van der Waals surface area contributed by atoms with E-state index in [4.69, 9.17) is 10.7 Å². The molecule has 0 spiro atoms. The standard InChI is InChI=1S/C16H16BrN3/c1-10-6-7-12(13(17)8-10)16-19-15-11(9-18)4-3-5-14(15)20(16)2/h3-8H,9,18H2,1-2H3. The van der Waals surface area contributed by atoms with E-state index in [0.717, 1.165) is 32.5 Å². The van der Waals surface area contributed by atoms with Crippen molar-refractivity contribution in [1.82, 2.24) is 9.55 Å². The minimum Gasteiger partial charge on any atom is -0.327 e. The first-order valence-corrected chi connectivity index (χ1v) is 7.32. The Bertz CT molecular complexity index is 790. The Morgan fingerprint density at radius 3 is 2.75 bits per heavy atom. The quantitative estimate of drug-likeness (QED) is 0.777. The van der Waals surface area contributed by atoms with E-state index in [1.54, 1.807) is 0 Å². The summed E-state index contributed by atoms with van der Waals surface area (Å²) in [5.74, 6) is 0.952. The number of benzene rings is 2. The monoisotopic (exact) mass is 329 g/mol. The molecule has 0 aliphatic rings. The van der Waals surface area contributed by atoms with Crippen LogP contribution >= 0.6 is 15.9 Å². The lowest BCUT2D eigenvalue weighted by atomic mass is 10.1. The van der Waals surface area contributed by atoms with Gasteiger partial charge in [-0.25, -0.2) is 4.98 Å². The molecule has 0 radical (unpaired) electrons. The van der Waals surface area contributed by atoms with Crippen LogP contribution in [0.3, 0.4) is 0 Å². The lowest BCUT2D eigenvalue weighted by Crippen LogP contribution is -1.97. The van der Waals surface area contributed by atoms with Gasteiger partial charge in [0.25, 0.3) is 0 Å². The minimum atomic E-state index is 0.503. The number of fused-ring (bicyclic) bond motifs is 1. The van der Waals surface area contributed by atoms with Gasteiger partial charge in [-0.1, -0.05) is 34.1 Å². The number of imidazole rings is 1. The Morgan fingerprint density at radius 1 is 1.25 bits per heavy atom. The maximum absolute atomic E-state index is 5.81. The SMILES string of the molecule is Cc1ccc(-c2nc3c(CN)cccc3n2C)c(Br)c1. The molecule has 3 aromatic rings. The number of hydrogen-bond acceptors (Lipinski definition) is 2. The van der Waals surface area contributed by atoms with Crippen LogP contribution in [0.15, 0.2) is 40.9 Å². The molecule has 4 heteroatoms. The van der Waals surface area contributed by atoms with Crippen molar-refractivity contribution in [3.05, 3.63) is 52.0 Å². The predicted octanol–water partition coefficient (Wildman–Crippen LogP) is 3.77. The molecule has 0 aliphatic carbocycles. The summed E-state index contributed by atoms with van der Waals surface area (Å²) in [6, 6.07) is 12.4. The molecule has 2 N–H and O–H groups in total. The van der Waals surface area contributed by atoms with Crippen molar-refractivity contribution in [3.63, 3.8) is 0 Å². The number of hydrogen-bond donors (Lipinski definition) is 1. The smallest absolute Gasteiger partial charge is 0.142 e. The third-order valence-electron chi connectivity index (χ3n) is 3.58. The van der Waals surface area contributed by atoms with Crippen molar-refractivity contribution in [2.24, 2.45) is 12.8 Å². The highest BCUT2D eigenvalue weighted by molar-refractivity contribution is 9.10. The summed E-state index contributed by atoms with van der Waals surface area (Å²) in [6.45, 7) is 2.58. The first-order valence-electron chi connectivity index (χ1n) is 6.52. The van der Waals surface area contributed by atoms with Crippen molar-refractivity contribution in [2.45, 2.75) is 13.5 Å². The fourth-order valence-electron chi connectivity index (χ4n) is 2.48. The molecule has 3 rings (SSSR count). The third-order valence-corrected chi connectivity index (χ3v) is 4.24. The second-order valence-electron chi connectivity index (χ2n) is 4.97. The van der Waals surface area contributed by atoms with Gasteiger partial charge in [-0.3, -0.25) is 0 Å². The van der Waals surface area contributed by atoms with Gasteiger partial charge in [0.05, 0.1) is 11.0 Å². The molecule has 0 unspecified atom stereocenters. The third kappa shape index (κ3) is 2.05. The molecule has 0 atom stereocenters. The van der Waals surface area contributed by atoms with Crippen LogP contribution in [0.5, 0.6) is 0 Å². The average molecular weight is 330 g/mol. The van der Waals surface area contributed by atoms with Crippen molar-refractivity contribution in [2.75, 3.05) is 0 Å². The molecule has 0 bridgehead atoms. The maximum atomic E-state index is 5.81. The Balaban J connectivity index is 2.29. The van der Waals surface area contributed by atoms with E-state index in [1.165, 1.54) is 5.56 Å². The van der Waals surface area contributed by atoms with E-state index < -0.39 is 0 Å². The van der Waals surface area contributed by atoms with Crippen molar-refractivity contribution in [1.29, 1.82) is 0 Å². The van der Waals surface area contributed by atoms with Crippen LogP contribution in [-0.4, -0.2) is 9.55 Å². The summed E-state index contributed by atoms with van der Waals surface area (Å²) in [5, 5.41) is 0. The molecule has 102 valence electrons. The molecule has 0 aliphatic heterocycles. The van der Waals surface area contributed by atoms with Crippen LogP contribution < -0.4 is 5.73 Å². The molecule has 0 fully saturated rings. The number of nitrogens with two attached hydrogens (primary N) is 1. The largest absolute Gasteiger partial charge is 0.327 e. The Kier molecular flexibility index (Phi) is 3.36. The number of aromatic nitrogens is 2. The normalized spacial score (nSPS) is 11.2. The van der Waals surface area contributed by atoms with Crippen molar-refractivity contribution in [3.8, 4) is 11.4 Å². The zero-order valence-electron chi connectivity index (χ0n) is 11.5. The molecule has 20 heavy (non-hydrogen) atoms. The van der Waals surface area contributed by atoms with Crippen LogP contribution in [0.4, 0.5) is 0 Å². The van der Waals surface area contributed by atoms with Gasteiger partial charge < -0.3 is 10.3 Å². The molecular formula is C16H16BrN3. The molecule has 0 amide bonds. The van der Waals surface area contributed by atoms with Gasteiger partial charge in [0, 0.05) is 23.6 Å². The van der Waals surface area contributed by atoms with E-state index in [1.807, 2.05) is 19.2 Å².